The monoisotopic (exact) mass is 387 g/mol. The molecule has 10 nitrogen and oxygen atoms in total. The molecule has 2 aromatic heterocycles. The second-order valence-corrected chi connectivity index (χ2v) is 6.45. The van der Waals surface area contributed by atoms with Crippen LogP contribution in [0, 0.1) is 0 Å². The number of hydrogen-bond donors (Lipinski definition) is 4. The number of rotatable bonds is 6. The number of ether oxygens (including phenoxy) is 2. The lowest BCUT2D eigenvalue weighted by Gasteiger charge is -2.17. The molecule has 0 bridgehead atoms. The van der Waals surface area contributed by atoms with E-state index in [-0.39, 0.29) is 6.01 Å². The van der Waals surface area contributed by atoms with Crippen molar-refractivity contribution < 1.29 is 24.8 Å². The van der Waals surface area contributed by atoms with Gasteiger partial charge in [-0.05, 0) is 5.56 Å². The van der Waals surface area contributed by atoms with Crippen LogP contribution in [0.5, 0.6) is 6.01 Å². The van der Waals surface area contributed by atoms with Crippen LogP contribution in [0.4, 0.5) is 5.82 Å². The molecule has 0 spiro atoms. The number of hydrogen-bond acceptors (Lipinski definition) is 9. The maximum Gasteiger partial charge on any atom is 0.320 e. The maximum atomic E-state index is 10.3. The van der Waals surface area contributed by atoms with Gasteiger partial charge in [-0.3, -0.25) is 4.57 Å². The second-order valence-electron chi connectivity index (χ2n) is 6.45. The Morgan fingerprint density at radius 1 is 1.18 bits per heavy atom. The van der Waals surface area contributed by atoms with Gasteiger partial charge in [-0.1, -0.05) is 30.3 Å². The summed E-state index contributed by atoms with van der Waals surface area (Å²) in [6.07, 6.45) is -2.84. The quantitative estimate of drug-likeness (QED) is 0.463. The third-order valence-electron chi connectivity index (χ3n) is 4.68. The number of aliphatic hydroxyl groups excluding tert-OH is 3. The van der Waals surface area contributed by atoms with E-state index in [1.807, 2.05) is 30.3 Å². The summed E-state index contributed by atoms with van der Waals surface area (Å²) in [5.41, 5.74) is 1.91. The summed E-state index contributed by atoms with van der Waals surface area (Å²) < 4.78 is 12.3. The number of methoxy groups -OCH3 is 1. The van der Waals surface area contributed by atoms with E-state index in [1.165, 1.54) is 18.0 Å². The average molecular weight is 387 g/mol. The summed E-state index contributed by atoms with van der Waals surface area (Å²) in [4.78, 5) is 13.0. The smallest absolute Gasteiger partial charge is 0.320 e. The highest BCUT2D eigenvalue weighted by molar-refractivity contribution is 5.83. The molecule has 28 heavy (non-hydrogen) atoms. The predicted octanol–water partition coefficient (Wildman–Crippen LogP) is 0.0585. The largest absolute Gasteiger partial charge is 0.467 e. The van der Waals surface area contributed by atoms with Crippen molar-refractivity contribution in [3.05, 3.63) is 42.2 Å². The first-order valence-electron chi connectivity index (χ1n) is 8.81. The Morgan fingerprint density at radius 3 is 2.64 bits per heavy atom. The number of anilines is 1. The van der Waals surface area contributed by atoms with Gasteiger partial charge in [0.25, 0.3) is 0 Å². The van der Waals surface area contributed by atoms with Crippen LogP contribution in [0.3, 0.4) is 0 Å². The fourth-order valence-electron chi connectivity index (χ4n) is 3.19. The van der Waals surface area contributed by atoms with Gasteiger partial charge < -0.3 is 30.1 Å². The van der Waals surface area contributed by atoms with E-state index < -0.39 is 31.1 Å². The Hall–Kier alpha value is -2.79. The third kappa shape index (κ3) is 3.27. The summed E-state index contributed by atoms with van der Waals surface area (Å²) in [7, 11) is 1.45. The number of nitrogens with zero attached hydrogens (tertiary/aromatic N) is 4. The molecule has 1 saturated heterocycles. The summed E-state index contributed by atoms with van der Waals surface area (Å²) in [6.45, 7) is 0.111. The van der Waals surface area contributed by atoms with Gasteiger partial charge in [0.15, 0.2) is 23.2 Å². The average Bonchev–Trinajstić information content (AvgIpc) is 3.28. The molecule has 2 unspecified atom stereocenters. The van der Waals surface area contributed by atoms with Crippen LogP contribution in [0.25, 0.3) is 11.2 Å². The van der Waals surface area contributed by atoms with Gasteiger partial charge in [-0.25, -0.2) is 4.98 Å². The normalized spacial score (nSPS) is 24.6. The minimum atomic E-state index is -1.24. The van der Waals surface area contributed by atoms with Gasteiger partial charge in [0.1, 0.15) is 18.3 Å². The van der Waals surface area contributed by atoms with Crippen LogP contribution in [0.15, 0.2) is 36.7 Å². The molecule has 148 valence electrons. The van der Waals surface area contributed by atoms with E-state index >= 15 is 0 Å². The zero-order valence-corrected chi connectivity index (χ0v) is 15.1. The van der Waals surface area contributed by atoms with Crippen molar-refractivity contribution in [2.24, 2.45) is 0 Å². The summed E-state index contributed by atoms with van der Waals surface area (Å²) in [5.74, 6) is 0.469. The van der Waals surface area contributed by atoms with E-state index in [9.17, 15) is 15.3 Å². The first kappa shape index (κ1) is 18.6. The van der Waals surface area contributed by atoms with E-state index in [2.05, 4.69) is 20.3 Å². The zero-order chi connectivity index (χ0) is 19.7. The standard InChI is InChI=1S/C18H21N5O5/c1-27-18-21-15(19-7-10-5-3-2-4-6-10)12-16(22-18)23(9-20-12)17-14(26)13(25)11(8-24)28-17/h2-6,9,11,13-14,17,24-26H,7-8H2,1H3,(H,19,21,22)/t11-,13?,14?,17-/m1/s1. The van der Waals surface area contributed by atoms with E-state index in [0.717, 1.165) is 5.56 Å². The Morgan fingerprint density at radius 2 is 1.96 bits per heavy atom. The molecule has 1 aliphatic rings. The highest BCUT2D eigenvalue weighted by atomic mass is 16.6. The lowest BCUT2D eigenvalue weighted by molar-refractivity contribution is -0.0511. The van der Waals surface area contributed by atoms with E-state index in [0.29, 0.717) is 23.5 Å². The van der Waals surface area contributed by atoms with Gasteiger partial charge in [0.05, 0.1) is 20.0 Å². The van der Waals surface area contributed by atoms with Crippen LogP contribution in [0.1, 0.15) is 11.8 Å². The van der Waals surface area contributed by atoms with Crippen molar-refractivity contribution in [1.29, 1.82) is 0 Å². The number of fused-ring (bicyclic) bond motifs is 1. The van der Waals surface area contributed by atoms with Gasteiger partial charge in [-0.15, -0.1) is 0 Å². The summed E-state index contributed by atoms with van der Waals surface area (Å²) >= 11 is 0. The lowest BCUT2D eigenvalue weighted by atomic mass is 10.1. The Kier molecular flexibility index (Phi) is 5.09. The SMILES string of the molecule is COc1nc(NCc2ccccc2)c2ncn([C@@H]3O[C@H](CO)C(O)C3O)c2n1. The summed E-state index contributed by atoms with van der Waals surface area (Å²) in [6, 6.07) is 9.93. The second kappa shape index (κ2) is 7.68. The highest BCUT2D eigenvalue weighted by Gasteiger charge is 2.44. The molecule has 0 aliphatic carbocycles. The van der Waals surface area contributed by atoms with Gasteiger partial charge >= 0.3 is 6.01 Å². The highest BCUT2D eigenvalue weighted by Crippen LogP contribution is 2.33. The van der Waals surface area contributed by atoms with Crippen molar-refractivity contribution in [1.82, 2.24) is 19.5 Å². The minimum absolute atomic E-state index is 0.122. The molecule has 4 atom stereocenters. The Labute approximate surface area is 160 Å². The van der Waals surface area contributed by atoms with Crippen molar-refractivity contribution >= 4 is 17.0 Å². The molecule has 4 rings (SSSR count). The number of imidazole rings is 1. The fraction of sp³-hybridized carbons (Fsp3) is 0.389. The molecule has 3 aromatic rings. The fourth-order valence-corrected chi connectivity index (χ4v) is 3.19. The van der Waals surface area contributed by atoms with E-state index in [1.54, 1.807) is 0 Å². The molecule has 3 heterocycles. The van der Waals surface area contributed by atoms with Crippen LogP contribution in [0.2, 0.25) is 0 Å². The van der Waals surface area contributed by atoms with Gasteiger partial charge in [0, 0.05) is 6.54 Å². The third-order valence-corrected chi connectivity index (χ3v) is 4.68. The number of nitrogens with one attached hydrogen (secondary N) is 1. The Bertz CT molecular complexity index is 950. The molecular weight excluding hydrogens is 366 g/mol. The first-order valence-corrected chi connectivity index (χ1v) is 8.81. The molecule has 0 radical (unpaired) electrons. The first-order chi connectivity index (χ1) is 13.6. The molecule has 0 saturated carbocycles. The molecule has 4 N–H and O–H groups in total. The van der Waals surface area contributed by atoms with Gasteiger partial charge in [-0.2, -0.15) is 9.97 Å². The van der Waals surface area contributed by atoms with Crippen molar-refractivity contribution in [3.63, 3.8) is 0 Å². The van der Waals surface area contributed by atoms with Gasteiger partial charge in [0.2, 0.25) is 0 Å². The van der Waals surface area contributed by atoms with Crippen molar-refractivity contribution in [2.75, 3.05) is 19.0 Å². The van der Waals surface area contributed by atoms with E-state index in [4.69, 9.17) is 9.47 Å². The molecule has 10 heteroatoms. The minimum Gasteiger partial charge on any atom is -0.467 e. The van der Waals surface area contributed by atoms with Crippen molar-refractivity contribution in [2.45, 2.75) is 31.1 Å². The molecular formula is C18H21N5O5. The maximum absolute atomic E-state index is 10.3. The van der Waals surface area contributed by atoms with Crippen LogP contribution < -0.4 is 10.1 Å². The molecule has 1 fully saturated rings. The molecule has 1 aliphatic heterocycles. The predicted molar refractivity (Wildman–Crippen MR) is 98.7 cm³/mol. The van der Waals surface area contributed by atoms with Crippen LogP contribution in [-0.4, -0.2) is 66.9 Å². The Balaban J connectivity index is 1.69. The zero-order valence-electron chi connectivity index (χ0n) is 15.1. The summed E-state index contributed by atoms with van der Waals surface area (Å²) in [5, 5.41) is 32.9. The lowest BCUT2D eigenvalue weighted by Crippen LogP contribution is -2.33. The molecule has 0 amide bonds. The van der Waals surface area contributed by atoms with Crippen LogP contribution >= 0.6 is 0 Å². The topological polar surface area (TPSA) is 135 Å². The van der Waals surface area contributed by atoms with Crippen LogP contribution in [-0.2, 0) is 11.3 Å². The molecule has 1 aromatic carbocycles. The number of aromatic nitrogens is 4. The van der Waals surface area contributed by atoms with Crippen molar-refractivity contribution in [3.8, 4) is 6.01 Å². The number of benzene rings is 1. The number of aliphatic hydroxyl groups is 3.